The largest absolute Gasteiger partial charge is 0.330 e. The Kier molecular flexibility index (Phi) is 3.84. The van der Waals surface area contributed by atoms with Gasteiger partial charge in [-0.25, -0.2) is 8.78 Å². The summed E-state index contributed by atoms with van der Waals surface area (Å²) in [7, 11) is 0. The van der Waals surface area contributed by atoms with Crippen LogP contribution in [0.2, 0.25) is 5.02 Å². The topological polar surface area (TPSA) is 26.0 Å². The van der Waals surface area contributed by atoms with Gasteiger partial charge < -0.3 is 5.73 Å². The smallest absolute Gasteiger partial charge is 0.148 e. The molecule has 1 unspecified atom stereocenters. The van der Waals surface area contributed by atoms with Gasteiger partial charge in [0, 0.05) is 5.56 Å². The number of benzene rings is 1. The van der Waals surface area contributed by atoms with Crippen molar-refractivity contribution in [1.29, 1.82) is 0 Å². The van der Waals surface area contributed by atoms with E-state index in [0.717, 1.165) is 0 Å². The second-order valence-electron chi connectivity index (χ2n) is 3.24. The number of hydrogen-bond acceptors (Lipinski definition) is 1. The summed E-state index contributed by atoms with van der Waals surface area (Å²) < 4.78 is 26.7. The normalized spacial score (nSPS) is 12.9. The van der Waals surface area contributed by atoms with E-state index in [0.29, 0.717) is 13.0 Å². The third-order valence-corrected chi connectivity index (χ3v) is 2.46. The van der Waals surface area contributed by atoms with Crippen molar-refractivity contribution in [1.82, 2.24) is 0 Å². The Morgan fingerprint density at radius 3 is 2.64 bits per heavy atom. The number of rotatable bonds is 3. The summed E-state index contributed by atoms with van der Waals surface area (Å²) in [5.41, 5.74) is 5.36. The molecule has 0 fully saturated rings. The van der Waals surface area contributed by atoms with Crippen LogP contribution in [0.4, 0.5) is 8.78 Å². The zero-order chi connectivity index (χ0) is 10.7. The van der Waals surface area contributed by atoms with E-state index in [1.807, 2.05) is 0 Å². The maximum absolute atomic E-state index is 13.4. The first-order chi connectivity index (χ1) is 6.57. The summed E-state index contributed by atoms with van der Waals surface area (Å²) in [5, 5.41) is -0.0507. The Morgan fingerprint density at radius 1 is 1.43 bits per heavy atom. The maximum Gasteiger partial charge on any atom is 0.148 e. The van der Waals surface area contributed by atoms with Crippen LogP contribution in [0, 0.1) is 11.6 Å². The molecular formula is C10H12ClF2N. The van der Waals surface area contributed by atoms with Crippen molar-refractivity contribution in [3.63, 3.8) is 0 Å². The highest BCUT2D eigenvalue weighted by Crippen LogP contribution is 2.28. The maximum atomic E-state index is 13.4. The standard InChI is InChI=1S/C10H12ClF2N/c1-6(4-5-14)9-8(12)3-2-7(11)10(9)13/h2-3,6H,4-5,14H2,1H3. The fraction of sp³-hybridized carbons (Fsp3) is 0.400. The molecule has 2 N–H and O–H groups in total. The molecular weight excluding hydrogens is 208 g/mol. The van der Waals surface area contributed by atoms with Crippen molar-refractivity contribution in [2.75, 3.05) is 6.54 Å². The van der Waals surface area contributed by atoms with Gasteiger partial charge in [0.05, 0.1) is 5.02 Å². The Hall–Kier alpha value is -0.670. The number of nitrogens with two attached hydrogens (primary N) is 1. The van der Waals surface area contributed by atoms with Gasteiger partial charge in [0.2, 0.25) is 0 Å². The zero-order valence-corrected chi connectivity index (χ0v) is 8.61. The van der Waals surface area contributed by atoms with E-state index in [2.05, 4.69) is 0 Å². The minimum Gasteiger partial charge on any atom is -0.330 e. The lowest BCUT2D eigenvalue weighted by Gasteiger charge is -2.13. The minimum absolute atomic E-state index is 0.0305. The van der Waals surface area contributed by atoms with E-state index in [-0.39, 0.29) is 16.5 Å². The van der Waals surface area contributed by atoms with Crippen molar-refractivity contribution < 1.29 is 8.78 Å². The van der Waals surface area contributed by atoms with Gasteiger partial charge in [-0.2, -0.15) is 0 Å². The Morgan fingerprint density at radius 2 is 2.07 bits per heavy atom. The van der Waals surface area contributed by atoms with Crippen LogP contribution >= 0.6 is 11.6 Å². The fourth-order valence-electron chi connectivity index (χ4n) is 1.39. The summed E-state index contributed by atoms with van der Waals surface area (Å²) in [6, 6.07) is 2.39. The lowest BCUT2D eigenvalue weighted by atomic mass is 9.97. The van der Waals surface area contributed by atoms with Crippen molar-refractivity contribution in [3.8, 4) is 0 Å². The van der Waals surface area contributed by atoms with Gasteiger partial charge in [-0.05, 0) is 31.0 Å². The molecule has 0 heterocycles. The van der Waals surface area contributed by atoms with Crippen LogP contribution in [0.25, 0.3) is 0 Å². The second-order valence-corrected chi connectivity index (χ2v) is 3.64. The summed E-state index contributed by atoms with van der Waals surface area (Å²) in [5.74, 6) is -1.49. The zero-order valence-electron chi connectivity index (χ0n) is 7.86. The van der Waals surface area contributed by atoms with Gasteiger partial charge in [0.15, 0.2) is 0 Å². The molecule has 1 rings (SSSR count). The van der Waals surface area contributed by atoms with Gasteiger partial charge in [-0.3, -0.25) is 0 Å². The van der Waals surface area contributed by atoms with Gasteiger partial charge in [0.25, 0.3) is 0 Å². The molecule has 78 valence electrons. The first kappa shape index (κ1) is 11.4. The third kappa shape index (κ3) is 2.22. The van der Waals surface area contributed by atoms with Crippen LogP contribution in [-0.4, -0.2) is 6.54 Å². The highest BCUT2D eigenvalue weighted by atomic mass is 35.5. The molecule has 0 aromatic heterocycles. The molecule has 0 bridgehead atoms. The minimum atomic E-state index is -0.674. The van der Waals surface area contributed by atoms with Crippen LogP contribution in [0.5, 0.6) is 0 Å². The van der Waals surface area contributed by atoms with Gasteiger partial charge in [0.1, 0.15) is 11.6 Å². The molecule has 0 aliphatic carbocycles. The van der Waals surface area contributed by atoms with Crippen molar-refractivity contribution in [2.24, 2.45) is 5.73 Å². The molecule has 0 amide bonds. The summed E-state index contributed by atoms with van der Waals surface area (Å²) in [6.45, 7) is 2.12. The van der Waals surface area contributed by atoms with Crippen molar-refractivity contribution >= 4 is 11.6 Å². The quantitative estimate of drug-likeness (QED) is 0.777. The van der Waals surface area contributed by atoms with Gasteiger partial charge in [-0.15, -0.1) is 0 Å². The van der Waals surface area contributed by atoms with Crippen molar-refractivity contribution in [3.05, 3.63) is 34.4 Å². The summed E-state index contributed by atoms with van der Waals surface area (Å²) >= 11 is 5.56. The van der Waals surface area contributed by atoms with E-state index in [4.69, 9.17) is 17.3 Å². The predicted octanol–water partition coefficient (Wildman–Crippen LogP) is 3.07. The molecule has 1 aromatic carbocycles. The Balaban J connectivity index is 3.11. The molecule has 0 spiro atoms. The lowest BCUT2D eigenvalue weighted by Crippen LogP contribution is -2.08. The number of halogens is 3. The van der Waals surface area contributed by atoms with E-state index in [1.165, 1.54) is 12.1 Å². The van der Waals surface area contributed by atoms with Crippen LogP contribution in [-0.2, 0) is 0 Å². The second kappa shape index (κ2) is 4.71. The monoisotopic (exact) mass is 219 g/mol. The SMILES string of the molecule is CC(CCN)c1c(F)ccc(Cl)c1F. The van der Waals surface area contributed by atoms with Crippen molar-refractivity contribution in [2.45, 2.75) is 19.3 Å². The molecule has 0 radical (unpaired) electrons. The molecule has 1 atom stereocenters. The van der Waals surface area contributed by atoms with E-state index < -0.39 is 11.6 Å². The highest BCUT2D eigenvalue weighted by molar-refractivity contribution is 6.30. The summed E-state index contributed by atoms with van der Waals surface area (Å²) in [6.07, 6.45) is 0.536. The Bertz CT molecular complexity index is 328. The fourth-order valence-corrected chi connectivity index (χ4v) is 1.55. The van der Waals surface area contributed by atoms with E-state index >= 15 is 0 Å². The predicted molar refractivity (Wildman–Crippen MR) is 53.5 cm³/mol. The molecule has 0 aliphatic rings. The molecule has 1 nitrogen and oxygen atoms in total. The molecule has 0 aliphatic heterocycles. The van der Waals surface area contributed by atoms with Crippen LogP contribution in [0.1, 0.15) is 24.8 Å². The molecule has 0 saturated heterocycles. The first-order valence-electron chi connectivity index (χ1n) is 4.41. The highest BCUT2D eigenvalue weighted by Gasteiger charge is 2.17. The van der Waals surface area contributed by atoms with E-state index in [9.17, 15) is 8.78 Å². The average Bonchev–Trinajstić information content (AvgIpc) is 2.13. The van der Waals surface area contributed by atoms with Crippen LogP contribution in [0.3, 0.4) is 0 Å². The lowest BCUT2D eigenvalue weighted by molar-refractivity contribution is 0.523. The third-order valence-electron chi connectivity index (χ3n) is 2.17. The summed E-state index contributed by atoms with van der Waals surface area (Å²) in [4.78, 5) is 0. The number of hydrogen-bond donors (Lipinski definition) is 1. The van der Waals surface area contributed by atoms with Crippen LogP contribution < -0.4 is 5.73 Å². The first-order valence-corrected chi connectivity index (χ1v) is 4.79. The van der Waals surface area contributed by atoms with Gasteiger partial charge >= 0.3 is 0 Å². The molecule has 0 saturated carbocycles. The molecule has 14 heavy (non-hydrogen) atoms. The average molecular weight is 220 g/mol. The van der Waals surface area contributed by atoms with Crippen LogP contribution in [0.15, 0.2) is 12.1 Å². The molecule has 1 aromatic rings. The van der Waals surface area contributed by atoms with E-state index in [1.54, 1.807) is 6.92 Å². The molecule has 4 heteroatoms. The van der Waals surface area contributed by atoms with Gasteiger partial charge in [-0.1, -0.05) is 18.5 Å². The Labute approximate surface area is 86.9 Å².